The predicted molar refractivity (Wildman–Crippen MR) is 83.3 cm³/mol. The van der Waals surface area contributed by atoms with Crippen molar-refractivity contribution in [2.24, 2.45) is 0 Å². The summed E-state index contributed by atoms with van der Waals surface area (Å²) in [5, 5.41) is 6.54. The second kappa shape index (κ2) is 5.88. The zero-order valence-corrected chi connectivity index (χ0v) is 12.8. The highest BCUT2D eigenvalue weighted by Gasteiger charge is 2.32. The number of nitrogens with zero attached hydrogens (tertiary/aromatic N) is 3. The summed E-state index contributed by atoms with van der Waals surface area (Å²) in [5.41, 5.74) is 1.16. The quantitative estimate of drug-likeness (QED) is 0.927. The van der Waals surface area contributed by atoms with Gasteiger partial charge in [0.1, 0.15) is 0 Å². The first-order valence-corrected chi connectivity index (χ1v) is 8.42. The van der Waals surface area contributed by atoms with E-state index >= 15 is 0 Å². The summed E-state index contributed by atoms with van der Waals surface area (Å²) >= 11 is 1.66. The van der Waals surface area contributed by atoms with Gasteiger partial charge in [-0.25, -0.2) is 4.98 Å². The summed E-state index contributed by atoms with van der Waals surface area (Å²) < 4.78 is 5.40. The molecule has 6 heteroatoms. The Bertz CT molecular complexity index is 570. The summed E-state index contributed by atoms with van der Waals surface area (Å²) in [6.07, 6.45) is 1.70. The molecular formula is C15H20N4OS. The Hall–Kier alpha value is -1.21. The largest absolute Gasteiger partial charge is 0.462 e. The van der Waals surface area contributed by atoms with Gasteiger partial charge in [0.15, 0.2) is 10.8 Å². The molecule has 5 nitrogen and oxygen atoms in total. The average Bonchev–Trinajstić information content (AvgIpc) is 3.14. The maximum absolute atomic E-state index is 5.40. The van der Waals surface area contributed by atoms with Gasteiger partial charge in [-0.3, -0.25) is 9.80 Å². The van der Waals surface area contributed by atoms with Gasteiger partial charge in [0.25, 0.3) is 0 Å². The number of hydrogen-bond acceptors (Lipinski definition) is 6. The fraction of sp³-hybridized carbons (Fsp3) is 0.533. The Labute approximate surface area is 128 Å². The third kappa shape index (κ3) is 2.89. The summed E-state index contributed by atoms with van der Waals surface area (Å²) in [7, 11) is 0. The molecule has 21 heavy (non-hydrogen) atoms. The standard InChI is InChI=1S/C15H20N4OS/c1-2-14(20-7-1)15-17-12(11-21-15)8-18-9-13(10-18)19-5-3-16-4-6-19/h1-2,7,11,13,16H,3-6,8-10H2. The maximum atomic E-state index is 5.40. The number of thiazole rings is 1. The molecule has 4 heterocycles. The maximum Gasteiger partial charge on any atom is 0.162 e. The van der Waals surface area contributed by atoms with E-state index in [9.17, 15) is 0 Å². The number of hydrogen-bond donors (Lipinski definition) is 1. The van der Waals surface area contributed by atoms with Crippen molar-refractivity contribution in [2.45, 2.75) is 12.6 Å². The first kappa shape index (κ1) is 13.5. The van der Waals surface area contributed by atoms with Crippen molar-refractivity contribution in [1.82, 2.24) is 20.1 Å². The Morgan fingerprint density at radius 2 is 2.19 bits per heavy atom. The van der Waals surface area contributed by atoms with E-state index in [0.717, 1.165) is 42.1 Å². The molecule has 0 atom stereocenters. The molecule has 112 valence electrons. The first-order chi connectivity index (χ1) is 10.4. The van der Waals surface area contributed by atoms with Crippen LogP contribution in [0.5, 0.6) is 0 Å². The molecule has 0 radical (unpaired) electrons. The lowest BCUT2D eigenvalue weighted by atomic mass is 10.1. The lowest BCUT2D eigenvalue weighted by Gasteiger charge is -2.46. The van der Waals surface area contributed by atoms with Gasteiger partial charge in [-0.1, -0.05) is 0 Å². The monoisotopic (exact) mass is 304 g/mol. The number of piperazine rings is 1. The number of furan rings is 1. The van der Waals surface area contributed by atoms with Crippen molar-refractivity contribution in [2.75, 3.05) is 39.3 Å². The van der Waals surface area contributed by atoms with Crippen LogP contribution in [0.15, 0.2) is 28.2 Å². The summed E-state index contributed by atoms with van der Waals surface area (Å²) in [4.78, 5) is 9.76. The molecule has 0 spiro atoms. The van der Waals surface area contributed by atoms with Gasteiger partial charge < -0.3 is 9.73 Å². The van der Waals surface area contributed by atoms with Gasteiger partial charge in [-0.15, -0.1) is 11.3 Å². The van der Waals surface area contributed by atoms with Crippen molar-refractivity contribution in [3.8, 4) is 10.8 Å². The zero-order chi connectivity index (χ0) is 14.1. The van der Waals surface area contributed by atoms with Crippen LogP contribution in [0.2, 0.25) is 0 Å². The molecule has 0 bridgehead atoms. The highest BCUT2D eigenvalue weighted by Crippen LogP contribution is 2.25. The molecule has 0 amide bonds. The van der Waals surface area contributed by atoms with Crippen LogP contribution >= 0.6 is 11.3 Å². The minimum Gasteiger partial charge on any atom is -0.462 e. The van der Waals surface area contributed by atoms with Crippen LogP contribution in [0, 0.1) is 0 Å². The molecule has 4 rings (SSSR count). The Morgan fingerprint density at radius 3 is 2.95 bits per heavy atom. The van der Waals surface area contributed by atoms with E-state index in [-0.39, 0.29) is 0 Å². The van der Waals surface area contributed by atoms with E-state index in [2.05, 4.69) is 25.5 Å². The van der Waals surface area contributed by atoms with Crippen molar-refractivity contribution in [3.63, 3.8) is 0 Å². The molecule has 2 aliphatic rings. The lowest BCUT2D eigenvalue weighted by Crippen LogP contribution is -2.62. The lowest BCUT2D eigenvalue weighted by molar-refractivity contribution is 0.0217. The van der Waals surface area contributed by atoms with Crippen LogP contribution in [0.25, 0.3) is 10.8 Å². The van der Waals surface area contributed by atoms with Crippen LogP contribution in [0.4, 0.5) is 0 Å². The number of nitrogens with one attached hydrogen (secondary N) is 1. The van der Waals surface area contributed by atoms with Crippen LogP contribution in [-0.2, 0) is 6.54 Å². The van der Waals surface area contributed by atoms with Crippen LogP contribution in [0.3, 0.4) is 0 Å². The van der Waals surface area contributed by atoms with Crippen molar-refractivity contribution >= 4 is 11.3 Å². The number of rotatable bonds is 4. The second-order valence-corrected chi connectivity index (χ2v) is 6.61. The fourth-order valence-electron chi connectivity index (χ4n) is 3.07. The van der Waals surface area contributed by atoms with Gasteiger partial charge in [-0.2, -0.15) is 0 Å². The normalized spacial score (nSPS) is 21.5. The average molecular weight is 304 g/mol. The third-order valence-corrected chi connectivity index (χ3v) is 5.18. The highest BCUT2D eigenvalue weighted by atomic mass is 32.1. The van der Waals surface area contributed by atoms with Gasteiger partial charge in [0.2, 0.25) is 0 Å². The molecule has 2 fully saturated rings. The van der Waals surface area contributed by atoms with E-state index in [1.807, 2.05) is 12.1 Å². The molecule has 1 N–H and O–H groups in total. The van der Waals surface area contributed by atoms with E-state index < -0.39 is 0 Å². The van der Waals surface area contributed by atoms with Gasteiger partial charge in [0.05, 0.1) is 12.0 Å². The summed E-state index contributed by atoms with van der Waals surface area (Å²) in [6, 6.07) is 4.62. The molecule has 0 saturated carbocycles. The second-order valence-electron chi connectivity index (χ2n) is 5.76. The van der Waals surface area contributed by atoms with Gasteiger partial charge >= 0.3 is 0 Å². The topological polar surface area (TPSA) is 44.5 Å². The van der Waals surface area contributed by atoms with E-state index in [4.69, 9.17) is 4.42 Å². The van der Waals surface area contributed by atoms with Gasteiger partial charge in [0, 0.05) is 57.2 Å². The van der Waals surface area contributed by atoms with Crippen LogP contribution < -0.4 is 5.32 Å². The van der Waals surface area contributed by atoms with Crippen molar-refractivity contribution < 1.29 is 4.42 Å². The summed E-state index contributed by atoms with van der Waals surface area (Å²) in [6.45, 7) is 7.96. The molecule has 0 aliphatic carbocycles. The number of likely N-dealkylation sites (tertiary alicyclic amines) is 1. The fourth-order valence-corrected chi connectivity index (χ4v) is 3.85. The molecule has 0 aromatic carbocycles. The minimum atomic E-state index is 0.746. The van der Waals surface area contributed by atoms with Crippen LogP contribution in [-0.4, -0.2) is 60.1 Å². The highest BCUT2D eigenvalue weighted by molar-refractivity contribution is 7.13. The molecule has 2 aromatic heterocycles. The third-order valence-electron chi connectivity index (χ3n) is 4.28. The van der Waals surface area contributed by atoms with Crippen molar-refractivity contribution in [3.05, 3.63) is 29.5 Å². The van der Waals surface area contributed by atoms with E-state index in [1.165, 1.54) is 26.2 Å². The zero-order valence-electron chi connectivity index (χ0n) is 12.0. The molecule has 2 aliphatic heterocycles. The van der Waals surface area contributed by atoms with Crippen molar-refractivity contribution in [1.29, 1.82) is 0 Å². The Kier molecular flexibility index (Phi) is 3.77. The van der Waals surface area contributed by atoms with E-state index in [1.54, 1.807) is 17.6 Å². The van der Waals surface area contributed by atoms with Crippen LogP contribution in [0.1, 0.15) is 5.69 Å². The molecular weight excluding hydrogens is 284 g/mol. The van der Waals surface area contributed by atoms with E-state index in [0.29, 0.717) is 0 Å². The smallest absolute Gasteiger partial charge is 0.162 e. The minimum absolute atomic E-state index is 0.746. The van der Waals surface area contributed by atoms with Gasteiger partial charge in [-0.05, 0) is 12.1 Å². The molecule has 2 saturated heterocycles. The predicted octanol–water partition coefficient (Wildman–Crippen LogP) is 1.49. The summed E-state index contributed by atoms with van der Waals surface area (Å²) in [5.74, 6) is 0.869. The first-order valence-electron chi connectivity index (χ1n) is 7.54. The Balaban J connectivity index is 1.30. The SMILES string of the molecule is c1coc(-c2nc(CN3CC(N4CCNCC4)C3)cs2)c1. The number of aromatic nitrogens is 1. The Morgan fingerprint density at radius 1 is 1.33 bits per heavy atom. The molecule has 2 aromatic rings. The molecule has 0 unspecified atom stereocenters.